The lowest BCUT2D eigenvalue weighted by molar-refractivity contribution is -0.0513. The molecule has 0 radical (unpaired) electrons. The van der Waals surface area contributed by atoms with Crippen molar-refractivity contribution in [2.45, 2.75) is 20.1 Å². The number of carboxylic acid groups (broad SMARTS) is 1. The van der Waals surface area contributed by atoms with Gasteiger partial charge in [-0.1, -0.05) is 0 Å². The lowest BCUT2D eigenvalue weighted by Crippen LogP contribution is -2.20. The molecule has 0 saturated heterocycles. The summed E-state index contributed by atoms with van der Waals surface area (Å²) in [4.78, 5) is 23.1. The van der Waals surface area contributed by atoms with E-state index in [1.165, 1.54) is 4.57 Å². The van der Waals surface area contributed by atoms with Crippen LogP contribution in [0.4, 0.5) is 13.2 Å². The monoisotopic (exact) mass is 301 g/mol. The maximum Gasteiger partial charge on any atom is 0.387 e. The Morgan fingerprint density at radius 3 is 2.62 bits per heavy atom. The van der Waals surface area contributed by atoms with Crippen LogP contribution in [0, 0.1) is 5.82 Å². The van der Waals surface area contributed by atoms with Gasteiger partial charge in [0.05, 0.1) is 10.9 Å². The summed E-state index contributed by atoms with van der Waals surface area (Å²) in [6.45, 7) is -1.54. The van der Waals surface area contributed by atoms with Gasteiger partial charge in [-0.15, -0.1) is 0 Å². The van der Waals surface area contributed by atoms with Crippen molar-refractivity contribution in [3.63, 3.8) is 0 Å². The van der Waals surface area contributed by atoms with Crippen LogP contribution in [0.15, 0.2) is 23.1 Å². The number of halogens is 3. The molecule has 0 aliphatic rings. The Morgan fingerprint density at radius 1 is 1.43 bits per heavy atom. The summed E-state index contributed by atoms with van der Waals surface area (Å²) in [6, 6.07) is 1.83. The minimum Gasteiger partial charge on any atom is -0.477 e. The number of aromatic nitrogens is 1. The summed E-state index contributed by atoms with van der Waals surface area (Å²) in [5, 5.41) is 8.78. The van der Waals surface area contributed by atoms with E-state index >= 15 is 0 Å². The number of fused-ring (bicyclic) bond motifs is 1. The van der Waals surface area contributed by atoms with Crippen LogP contribution in [-0.4, -0.2) is 22.3 Å². The van der Waals surface area contributed by atoms with Gasteiger partial charge in [0.1, 0.15) is 5.56 Å². The van der Waals surface area contributed by atoms with Gasteiger partial charge in [-0.3, -0.25) is 4.79 Å². The van der Waals surface area contributed by atoms with E-state index in [1.807, 2.05) is 0 Å². The fraction of sp³-hybridized carbons (Fsp3) is 0.231. The van der Waals surface area contributed by atoms with Gasteiger partial charge in [0.2, 0.25) is 5.43 Å². The number of rotatable bonds is 4. The van der Waals surface area contributed by atoms with Gasteiger partial charge in [0.15, 0.2) is 11.6 Å². The van der Waals surface area contributed by atoms with E-state index in [0.717, 1.165) is 18.3 Å². The van der Waals surface area contributed by atoms with Gasteiger partial charge in [0, 0.05) is 12.7 Å². The summed E-state index contributed by atoms with van der Waals surface area (Å²) in [5.41, 5.74) is -1.62. The predicted octanol–water partition coefficient (Wildman–Crippen LogP) is 2.46. The number of hydrogen-bond acceptors (Lipinski definition) is 3. The molecule has 1 N–H and O–H groups in total. The first-order chi connectivity index (χ1) is 9.86. The third kappa shape index (κ3) is 2.56. The van der Waals surface area contributed by atoms with Gasteiger partial charge < -0.3 is 14.4 Å². The second-order valence-corrected chi connectivity index (χ2v) is 4.11. The van der Waals surface area contributed by atoms with Crippen LogP contribution >= 0.6 is 0 Å². The summed E-state index contributed by atoms with van der Waals surface area (Å²) in [5.74, 6) is -3.30. The predicted molar refractivity (Wildman–Crippen MR) is 67.4 cm³/mol. The highest BCUT2D eigenvalue weighted by molar-refractivity contribution is 5.94. The molecule has 0 amide bonds. The van der Waals surface area contributed by atoms with Gasteiger partial charge in [-0.05, 0) is 19.1 Å². The molecule has 0 aliphatic carbocycles. The Balaban J connectivity index is 2.93. The molecule has 1 heterocycles. The molecule has 0 bridgehead atoms. The number of aryl methyl sites for hydroxylation is 1. The van der Waals surface area contributed by atoms with Crippen LogP contribution in [0.3, 0.4) is 0 Å². The average Bonchev–Trinajstić information content (AvgIpc) is 2.41. The second-order valence-electron chi connectivity index (χ2n) is 4.11. The Kier molecular flexibility index (Phi) is 3.88. The van der Waals surface area contributed by atoms with Gasteiger partial charge in [0.25, 0.3) is 0 Å². The van der Waals surface area contributed by atoms with E-state index in [0.29, 0.717) is 0 Å². The first kappa shape index (κ1) is 14.9. The van der Waals surface area contributed by atoms with E-state index in [9.17, 15) is 22.8 Å². The molecule has 0 atom stereocenters. The van der Waals surface area contributed by atoms with Crippen molar-refractivity contribution >= 4 is 16.9 Å². The van der Waals surface area contributed by atoms with Crippen LogP contribution in [0.5, 0.6) is 5.75 Å². The number of benzene rings is 1. The minimum absolute atomic E-state index is 0.139. The van der Waals surface area contributed by atoms with Gasteiger partial charge in [-0.2, -0.15) is 8.78 Å². The second kappa shape index (κ2) is 5.47. The van der Waals surface area contributed by atoms with Crippen LogP contribution in [-0.2, 0) is 6.54 Å². The van der Waals surface area contributed by atoms with Crippen molar-refractivity contribution in [3.8, 4) is 5.75 Å². The lowest BCUT2D eigenvalue weighted by Gasteiger charge is -2.15. The van der Waals surface area contributed by atoms with Crippen LogP contribution in [0.2, 0.25) is 0 Å². The van der Waals surface area contributed by atoms with E-state index in [1.54, 1.807) is 6.92 Å². The molecule has 1 aromatic carbocycles. The number of alkyl halides is 2. The van der Waals surface area contributed by atoms with Crippen LogP contribution in [0.1, 0.15) is 17.3 Å². The fourth-order valence-electron chi connectivity index (χ4n) is 2.04. The topological polar surface area (TPSA) is 68.5 Å². The minimum atomic E-state index is -3.27. The molecule has 0 spiro atoms. The molecule has 2 rings (SSSR count). The van der Waals surface area contributed by atoms with E-state index in [2.05, 4.69) is 4.74 Å². The molecular formula is C13H10F3NO4. The third-order valence-electron chi connectivity index (χ3n) is 2.92. The Morgan fingerprint density at radius 2 is 2.10 bits per heavy atom. The Hall–Kier alpha value is -2.51. The molecule has 1 aromatic heterocycles. The standard InChI is InChI=1S/C13H10F3NO4/c1-2-17-5-7(12(19)20)10(18)6-3-4-8(14)11(9(6)17)21-13(15)16/h3-5,13H,2H2,1H3,(H,19,20). The van der Waals surface area contributed by atoms with Gasteiger partial charge >= 0.3 is 12.6 Å². The number of carboxylic acids is 1. The smallest absolute Gasteiger partial charge is 0.387 e. The number of aromatic carboxylic acids is 1. The zero-order chi connectivity index (χ0) is 15.7. The summed E-state index contributed by atoms with van der Waals surface area (Å²) < 4.78 is 43.8. The highest BCUT2D eigenvalue weighted by Crippen LogP contribution is 2.29. The Labute approximate surface area is 116 Å². The molecule has 0 fully saturated rings. The number of nitrogens with zero attached hydrogens (tertiary/aromatic N) is 1. The molecule has 0 aliphatic heterocycles. The zero-order valence-electron chi connectivity index (χ0n) is 10.8. The van der Waals surface area contributed by atoms with Crippen molar-refractivity contribution in [2.75, 3.05) is 0 Å². The fourth-order valence-corrected chi connectivity index (χ4v) is 2.04. The van der Waals surface area contributed by atoms with Crippen molar-refractivity contribution < 1.29 is 27.8 Å². The molecule has 112 valence electrons. The highest BCUT2D eigenvalue weighted by Gasteiger charge is 2.21. The SMILES string of the molecule is CCn1cc(C(=O)O)c(=O)c2ccc(F)c(OC(F)F)c21. The molecule has 8 heteroatoms. The normalized spacial score (nSPS) is 11.1. The first-order valence-corrected chi connectivity index (χ1v) is 5.90. The van der Waals surface area contributed by atoms with Crippen LogP contribution in [0.25, 0.3) is 10.9 Å². The number of pyridine rings is 1. The molecular weight excluding hydrogens is 291 g/mol. The summed E-state index contributed by atoms with van der Waals surface area (Å²) in [7, 11) is 0. The Bertz CT molecular complexity index is 770. The molecule has 0 saturated carbocycles. The lowest BCUT2D eigenvalue weighted by atomic mass is 10.1. The highest BCUT2D eigenvalue weighted by atomic mass is 19.3. The summed E-state index contributed by atoms with van der Waals surface area (Å²) in [6.07, 6.45) is 0.977. The number of carbonyl (C=O) groups is 1. The maximum absolute atomic E-state index is 13.7. The number of ether oxygens (including phenoxy) is 1. The maximum atomic E-state index is 13.7. The number of hydrogen-bond donors (Lipinski definition) is 1. The molecule has 2 aromatic rings. The van der Waals surface area contributed by atoms with E-state index in [4.69, 9.17) is 5.11 Å². The van der Waals surface area contributed by atoms with Crippen molar-refractivity contribution in [1.82, 2.24) is 4.57 Å². The van der Waals surface area contributed by atoms with Gasteiger partial charge in [-0.25, -0.2) is 9.18 Å². The van der Waals surface area contributed by atoms with Crippen molar-refractivity contribution in [2.24, 2.45) is 0 Å². The first-order valence-electron chi connectivity index (χ1n) is 5.90. The van der Waals surface area contributed by atoms with E-state index < -0.39 is 35.1 Å². The molecule has 0 unspecified atom stereocenters. The third-order valence-corrected chi connectivity index (χ3v) is 2.92. The summed E-state index contributed by atoms with van der Waals surface area (Å²) >= 11 is 0. The quantitative estimate of drug-likeness (QED) is 0.942. The average molecular weight is 301 g/mol. The van der Waals surface area contributed by atoms with Crippen LogP contribution < -0.4 is 10.2 Å². The molecule has 5 nitrogen and oxygen atoms in total. The molecule has 21 heavy (non-hydrogen) atoms. The zero-order valence-corrected chi connectivity index (χ0v) is 10.8. The van der Waals surface area contributed by atoms with Crippen molar-refractivity contribution in [1.29, 1.82) is 0 Å². The largest absolute Gasteiger partial charge is 0.477 e. The van der Waals surface area contributed by atoms with E-state index in [-0.39, 0.29) is 17.4 Å². The van der Waals surface area contributed by atoms with Crippen molar-refractivity contribution in [3.05, 3.63) is 39.9 Å².